The Bertz CT molecular complexity index is 589. The smallest absolute Gasteiger partial charge is 0.127 e. The molecule has 3 nitrogen and oxygen atoms in total. The number of aromatic nitrogens is 2. The van der Waals surface area contributed by atoms with Crippen molar-refractivity contribution in [2.75, 3.05) is 7.11 Å². The van der Waals surface area contributed by atoms with Gasteiger partial charge in [0.05, 0.1) is 23.5 Å². The van der Waals surface area contributed by atoms with Crippen molar-refractivity contribution in [1.29, 1.82) is 0 Å². The molecule has 0 N–H and O–H groups in total. The van der Waals surface area contributed by atoms with Gasteiger partial charge in [-0.15, -0.1) is 11.6 Å². The summed E-state index contributed by atoms with van der Waals surface area (Å²) in [5.41, 5.74) is 2.07. The predicted octanol–water partition coefficient (Wildman–Crippen LogP) is 4.64. The second-order valence-electron chi connectivity index (χ2n) is 5.77. The van der Waals surface area contributed by atoms with Gasteiger partial charge >= 0.3 is 0 Å². The highest BCUT2D eigenvalue weighted by Crippen LogP contribution is 2.28. The zero-order chi connectivity index (χ0) is 14.9. The van der Waals surface area contributed by atoms with Gasteiger partial charge in [-0.1, -0.05) is 20.8 Å². The van der Waals surface area contributed by atoms with Crippen molar-refractivity contribution in [2.24, 2.45) is 11.8 Å². The molecule has 1 aromatic carbocycles. The SMILES string of the molecule is COc1ccc2c(c1)nc(C(C)Cl)n2CC(C)C(C)C. The molecule has 0 radical (unpaired) electrons. The van der Waals surface area contributed by atoms with E-state index in [1.165, 1.54) is 0 Å². The summed E-state index contributed by atoms with van der Waals surface area (Å²) in [4.78, 5) is 4.68. The zero-order valence-corrected chi connectivity index (χ0v) is 13.6. The van der Waals surface area contributed by atoms with Crippen molar-refractivity contribution in [3.05, 3.63) is 24.0 Å². The Morgan fingerprint density at radius 3 is 2.50 bits per heavy atom. The van der Waals surface area contributed by atoms with E-state index in [4.69, 9.17) is 16.3 Å². The van der Waals surface area contributed by atoms with Crippen molar-refractivity contribution < 1.29 is 4.74 Å². The number of alkyl halides is 1. The molecule has 0 amide bonds. The lowest BCUT2D eigenvalue weighted by Crippen LogP contribution is -2.15. The second kappa shape index (κ2) is 6.04. The molecule has 0 bridgehead atoms. The number of hydrogen-bond donors (Lipinski definition) is 0. The summed E-state index contributed by atoms with van der Waals surface area (Å²) in [6.07, 6.45) is 0. The van der Waals surface area contributed by atoms with Crippen molar-refractivity contribution in [3.63, 3.8) is 0 Å². The standard InChI is InChI=1S/C16H23ClN2O/c1-10(2)11(3)9-19-15-7-6-13(20-5)8-14(15)18-16(19)12(4)17/h6-8,10-12H,9H2,1-5H3. The lowest BCUT2D eigenvalue weighted by atomic mass is 9.98. The van der Waals surface area contributed by atoms with E-state index in [9.17, 15) is 0 Å². The summed E-state index contributed by atoms with van der Waals surface area (Å²) >= 11 is 6.30. The molecular weight excluding hydrogens is 272 g/mol. The Morgan fingerprint density at radius 2 is 1.95 bits per heavy atom. The van der Waals surface area contributed by atoms with Crippen LogP contribution in [-0.2, 0) is 6.54 Å². The van der Waals surface area contributed by atoms with E-state index in [0.717, 1.165) is 29.2 Å². The number of benzene rings is 1. The fourth-order valence-corrected chi connectivity index (χ4v) is 2.42. The van der Waals surface area contributed by atoms with E-state index >= 15 is 0 Å². The Balaban J connectivity index is 2.51. The molecule has 0 aliphatic carbocycles. The monoisotopic (exact) mass is 294 g/mol. The van der Waals surface area contributed by atoms with Gasteiger partial charge in [-0.05, 0) is 30.9 Å². The van der Waals surface area contributed by atoms with Crippen LogP contribution in [0.4, 0.5) is 0 Å². The minimum absolute atomic E-state index is 0.104. The lowest BCUT2D eigenvalue weighted by molar-refractivity contribution is 0.364. The average Bonchev–Trinajstić information content (AvgIpc) is 2.76. The third kappa shape index (κ3) is 2.93. The van der Waals surface area contributed by atoms with E-state index in [1.807, 2.05) is 19.1 Å². The highest BCUT2D eigenvalue weighted by molar-refractivity contribution is 6.20. The van der Waals surface area contributed by atoms with E-state index in [-0.39, 0.29) is 5.38 Å². The van der Waals surface area contributed by atoms with Gasteiger partial charge in [0.25, 0.3) is 0 Å². The number of ether oxygens (including phenoxy) is 1. The average molecular weight is 295 g/mol. The van der Waals surface area contributed by atoms with Crippen molar-refractivity contribution >= 4 is 22.6 Å². The molecule has 0 aliphatic heterocycles. The van der Waals surface area contributed by atoms with Gasteiger partial charge in [0.1, 0.15) is 11.6 Å². The van der Waals surface area contributed by atoms with Crippen LogP contribution in [0.2, 0.25) is 0 Å². The highest BCUT2D eigenvalue weighted by Gasteiger charge is 2.18. The van der Waals surface area contributed by atoms with Crippen molar-refractivity contribution in [3.8, 4) is 5.75 Å². The first kappa shape index (κ1) is 15.2. The van der Waals surface area contributed by atoms with Crippen LogP contribution in [0, 0.1) is 11.8 Å². The number of imidazole rings is 1. The van der Waals surface area contributed by atoms with E-state index in [0.29, 0.717) is 11.8 Å². The molecule has 0 saturated carbocycles. The molecule has 2 aromatic rings. The summed E-state index contributed by atoms with van der Waals surface area (Å²) in [5, 5.41) is -0.104. The normalized spacial score (nSPS) is 14.8. The molecule has 0 spiro atoms. The topological polar surface area (TPSA) is 27.1 Å². The van der Waals surface area contributed by atoms with Crippen LogP contribution in [-0.4, -0.2) is 16.7 Å². The van der Waals surface area contributed by atoms with Gasteiger partial charge in [0, 0.05) is 12.6 Å². The number of fused-ring (bicyclic) bond motifs is 1. The first-order valence-electron chi connectivity index (χ1n) is 7.12. The molecule has 20 heavy (non-hydrogen) atoms. The van der Waals surface area contributed by atoms with Crippen molar-refractivity contribution in [1.82, 2.24) is 9.55 Å². The van der Waals surface area contributed by atoms with Crippen LogP contribution in [0.1, 0.15) is 38.9 Å². The molecule has 0 fully saturated rings. The molecule has 2 unspecified atom stereocenters. The van der Waals surface area contributed by atoms with Gasteiger partial charge in [-0.2, -0.15) is 0 Å². The summed E-state index contributed by atoms with van der Waals surface area (Å²) in [5.74, 6) is 2.96. The Kier molecular flexibility index (Phi) is 4.59. The first-order chi connectivity index (χ1) is 9.43. The third-order valence-electron chi connectivity index (χ3n) is 3.95. The maximum atomic E-state index is 6.30. The molecular formula is C16H23ClN2O. The fourth-order valence-electron chi connectivity index (χ4n) is 2.25. The van der Waals surface area contributed by atoms with Crippen LogP contribution in [0.15, 0.2) is 18.2 Å². The van der Waals surface area contributed by atoms with E-state index < -0.39 is 0 Å². The van der Waals surface area contributed by atoms with Crippen molar-refractivity contribution in [2.45, 2.75) is 39.6 Å². The quantitative estimate of drug-likeness (QED) is 0.751. The number of nitrogens with zero attached hydrogens (tertiary/aromatic N) is 2. The molecule has 110 valence electrons. The van der Waals surface area contributed by atoms with Crippen LogP contribution < -0.4 is 4.74 Å². The van der Waals surface area contributed by atoms with Crippen LogP contribution in [0.5, 0.6) is 5.75 Å². The summed E-state index contributed by atoms with van der Waals surface area (Å²) < 4.78 is 7.52. The molecule has 1 heterocycles. The van der Waals surface area contributed by atoms with E-state index in [2.05, 4.69) is 36.4 Å². The Hall–Kier alpha value is -1.22. The number of rotatable bonds is 5. The molecule has 4 heteroatoms. The number of hydrogen-bond acceptors (Lipinski definition) is 2. The molecule has 0 saturated heterocycles. The van der Waals surface area contributed by atoms with Gasteiger partial charge in [-0.25, -0.2) is 4.98 Å². The summed E-state index contributed by atoms with van der Waals surface area (Å²) in [7, 11) is 1.67. The minimum Gasteiger partial charge on any atom is -0.497 e. The highest BCUT2D eigenvalue weighted by atomic mass is 35.5. The van der Waals surface area contributed by atoms with Gasteiger partial charge in [-0.3, -0.25) is 0 Å². The molecule has 2 atom stereocenters. The molecule has 0 aliphatic rings. The zero-order valence-electron chi connectivity index (χ0n) is 12.9. The Morgan fingerprint density at radius 1 is 1.25 bits per heavy atom. The Labute approximate surface area is 125 Å². The van der Waals surface area contributed by atoms with Crippen LogP contribution in [0.3, 0.4) is 0 Å². The predicted molar refractivity (Wildman–Crippen MR) is 84.6 cm³/mol. The fraction of sp³-hybridized carbons (Fsp3) is 0.562. The first-order valence-corrected chi connectivity index (χ1v) is 7.56. The summed E-state index contributed by atoms with van der Waals surface area (Å²) in [6.45, 7) is 9.67. The third-order valence-corrected chi connectivity index (χ3v) is 4.14. The van der Waals surface area contributed by atoms with Crippen LogP contribution in [0.25, 0.3) is 11.0 Å². The largest absolute Gasteiger partial charge is 0.497 e. The van der Waals surface area contributed by atoms with Crippen LogP contribution >= 0.6 is 11.6 Å². The maximum absolute atomic E-state index is 6.30. The maximum Gasteiger partial charge on any atom is 0.127 e. The number of halogens is 1. The molecule has 1 aromatic heterocycles. The number of methoxy groups -OCH3 is 1. The van der Waals surface area contributed by atoms with Gasteiger partial charge < -0.3 is 9.30 Å². The van der Waals surface area contributed by atoms with E-state index in [1.54, 1.807) is 7.11 Å². The summed E-state index contributed by atoms with van der Waals surface area (Å²) in [6, 6.07) is 6.01. The van der Waals surface area contributed by atoms with Gasteiger partial charge in [0.2, 0.25) is 0 Å². The van der Waals surface area contributed by atoms with Gasteiger partial charge in [0.15, 0.2) is 0 Å². The lowest BCUT2D eigenvalue weighted by Gasteiger charge is -2.19. The second-order valence-corrected chi connectivity index (χ2v) is 6.43. The molecule has 2 rings (SSSR count). The minimum atomic E-state index is -0.104.